The van der Waals surface area contributed by atoms with Crippen LogP contribution in [0.25, 0.3) is 6.08 Å². The number of hydrogen-bond acceptors (Lipinski definition) is 5. The third-order valence-corrected chi connectivity index (χ3v) is 5.20. The van der Waals surface area contributed by atoms with Crippen molar-refractivity contribution in [3.05, 3.63) is 54.1 Å². The first-order valence-corrected chi connectivity index (χ1v) is 9.98. The fourth-order valence-electron chi connectivity index (χ4n) is 3.55. The fourth-order valence-corrected chi connectivity index (χ4v) is 3.55. The number of nitrogens with zero attached hydrogens (tertiary/aromatic N) is 2. The minimum Gasteiger partial charge on any atom is -0.497 e. The molecule has 29 heavy (non-hydrogen) atoms. The number of carbonyl (C=O) groups excluding carboxylic acids is 1. The summed E-state index contributed by atoms with van der Waals surface area (Å²) in [5.41, 5.74) is 2.05. The first kappa shape index (κ1) is 19.2. The summed E-state index contributed by atoms with van der Waals surface area (Å²) in [5.74, 6) is 2.38. The van der Waals surface area contributed by atoms with E-state index in [4.69, 9.17) is 14.2 Å². The number of piperazine rings is 1. The molecule has 1 saturated heterocycles. The Hall–Kier alpha value is -3.15. The summed E-state index contributed by atoms with van der Waals surface area (Å²) >= 11 is 0. The van der Waals surface area contributed by atoms with Crippen molar-refractivity contribution in [1.82, 2.24) is 4.90 Å². The zero-order valence-corrected chi connectivity index (χ0v) is 16.7. The van der Waals surface area contributed by atoms with E-state index in [-0.39, 0.29) is 5.91 Å². The quantitative estimate of drug-likeness (QED) is 0.746. The molecule has 4 rings (SSSR count). The maximum Gasteiger partial charge on any atom is 0.246 e. The van der Waals surface area contributed by atoms with Crippen LogP contribution in [-0.2, 0) is 4.79 Å². The molecule has 0 spiro atoms. The summed E-state index contributed by atoms with van der Waals surface area (Å²) < 4.78 is 16.7. The second-order valence-corrected chi connectivity index (χ2v) is 7.10. The van der Waals surface area contributed by atoms with E-state index in [9.17, 15) is 4.79 Å². The molecule has 2 aromatic rings. The van der Waals surface area contributed by atoms with Gasteiger partial charge in [0.1, 0.15) is 5.75 Å². The molecular weight excluding hydrogens is 368 g/mol. The molecule has 0 aliphatic carbocycles. The van der Waals surface area contributed by atoms with Gasteiger partial charge in [0, 0.05) is 50.4 Å². The molecule has 2 heterocycles. The molecule has 0 atom stereocenters. The third kappa shape index (κ3) is 4.65. The maximum atomic E-state index is 12.6. The summed E-state index contributed by atoms with van der Waals surface area (Å²) in [5, 5.41) is 0. The molecular formula is C23H26N2O4. The van der Waals surface area contributed by atoms with Crippen molar-refractivity contribution >= 4 is 17.7 Å². The SMILES string of the molecule is COc1cccc(N2CCN(C(=O)C=Cc3ccc4c(c3)OCCCO4)CC2)c1. The topological polar surface area (TPSA) is 51.2 Å². The lowest BCUT2D eigenvalue weighted by Crippen LogP contribution is -2.48. The van der Waals surface area contributed by atoms with Crippen LogP contribution in [-0.4, -0.2) is 57.3 Å². The average molecular weight is 394 g/mol. The van der Waals surface area contributed by atoms with E-state index in [1.807, 2.05) is 47.4 Å². The first-order chi connectivity index (χ1) is 14.2. The third-order valence-electron chi connectivity index (χ3n) is 5.20. The number of amides is 1. The monoisotopic (exact) mass is 394 g/mol. The zero-order valence-electron chi connectivity index (χ0n) is 16.7. The van der Waals surface area contributed by atoms with Crippen molar-refractivity contribution in [3.63, 3.8) is 0 Å². The van der Waals surface area contributed by atoms with Crippen molar-refractivity contribution in [2.45, 2.75) is 6.42 Å². The van der Waals surface area contributed by atoms with Gasteiger partial charge in [0.25, 0.3) is 0 Å². The Balaban J connectivity index is 1.34. The normalized spacial score (nSPS) is 16.6. The number of hydrogen-bond donors (Lipinski definition) is 0. The fraction of sp³-hybridized carbons (Fsp3) is 0.348. The Labute approximate surface area is 171 Å². The van der Waals surface area contributed by atoms with Crippen LogP contribution < -0.4 is 19.1 Å². The Morgan fingerprint density at radius 1 is 1.00 bits per heavy atom. The number of anilines is 1. The number of ether oxygens (including phenoxy) is 3. The smallest absolute Gasteiger partial charge is 0.246 e. The second-order valence-electron chi connectivity index (χ2n) is 7.10. The van der Waals surface area contributed by atoms with Gasteiger partial charge in [-0.05, 0) is 35.9 Å². The number of rotatable bonds is 4. The van der Waals surface area contributed by atoms with Crippen LogP contribution in [0.4, 0.5) is 5.69 Å². The lowest BCUT2D eigenvalue weighted by Gasteiger charge is -2.35. The first-order valence-electron chi connectivity index (χ1n) is 9.98. The van der Waals surface area contributed by atoms with E-state index in [2.05, 4.69) is 11.0 Å². The molecule has 152 valence electrons. The maximum absolute atomic E-state index is 12.6. The van der Waals surface area contributed by atoms with Crippen LogP contribution in [0.1, 0.15) is 12.0 Å². The molecule has 2 aliphatic rings. The molecule has 2 aliphatic heterocycles. The molecule has 0 saturated carbocycles. The highest BCUT2D eigenvalue weighted by Crippen LogP contribution is 2.30. The van der Waals surface area contributed by atoms with E-state index in [1.54, 1.807) is 13.2 Å². The van der Waals surface area contributed by atoms with Crippen LogP contribution >= 0.6 is 0 Å². The van der Waals surface area contributed by atoms with Gasteiger partial charge in [-0.15, -0.1) is 0 Å². The van der Waals surface area contributed by atoms with Gasteiger partial charge in [0.05, 0.1) is 20.3 Å². The molecule has 2 aromatic carbocycles. The average Bonchev–Trinajstić information content (AvgIpc) is 3.02. The predicted octanol–water partition coefficient (Wildman–Crippen LogP) is 3.22. The minimum atomic E-state index is 0.0300. The lowest BCUT2D eigenvalue weighted by molar-refractivity contribution is -0.126. The van der Waals surface area contributed by atoms with Crippen molar-refractivity contribution in [2.24, 2.45) is 0 Å². The number of carbonyl (C=O) groups is 1. The number of benzene rings is 2. The Bertz CT molecular complexity index is 888. The minimum absolute atomic E-state index is 0.0300. The van der Waals surface area contributed by atoms with Crippen LogP contribution in [0.15, 0.2) is 48.5 Å². The van der Waals surface area contributed by atoms with Gasteiger partial charge in [-0.1, -0.05) is 12.1 Å². The van der Waals surface area contributed by atoms with Gasteiger partial charge in [-0.25, -0.2) is 0 Å². The van der Waals surface area contributed by atoms with Crippen LogP contribution in [0, 0.1) is 0 Å². The molecule has 6 heteroatoms. The molecule has 0 N–H and O–H groups in total. The lowest BCUT2D eigenvalue weighted by atomic mass is 10.1. The number of methoxy groups -OCH3 is 1. The zero-order chi connectivity index (χ0) is 20.1. The van der Waals surface area contributed by atoms with Crippen LogP contribution in [0.3, 0.4) is 0 Å². The van der Waals surface area contributed by atoms with Crippen LogP contribution in [0.2, 0.25) is 0 Å². The summed E-state index contributed by atoms with van der Waals surface area (Å²) in [6.45, 7) is 4.32. The van der Waals surface area contributed by atoms with Gasteiger partial charge in [0.15, 0.2) is 11.5 Å². The van der Waals surface area contributed by atoms with Crippen molar-refractivity contribution < 1.29 is 19.0 Å². The Kier molecular flexibility index (Phi) is 5.89. The van der Waals surface area contributed by atoms with E-state index in [0.29, 0.717) is 26.3 Å². The highest BCUT2D eigenvalue weighted by molar-refractivity contribution is 5.92. The number of fused-ring (bicyclic) bond motifs is 1. The molecule has 0 aromatic heterocycles. The molecule has 0 unspecified atom stereocenters. The van der Waals surface area contributed by atoms with E-state index in [1.165, 1.54) is 0 Å². The van der Waals surface area contributed by atoms with E-state index >= 15 is 0 Å². The van der Waals surface area contributed by atoms with Crippen molar-refractivity contribution in [2.75, 3.05) is 51.4 Å². The second kappa shape index (κ2) is 8.90. The van der Waals surface area contributed by atoms with Crippen molar-refractivity contribution in [3.8, 4) is 17.2 Å². The molecule has 0 radical (unpaired) electrons. The van der Waals surface area contributed by atoms with Gasteiger partial charge < -0.3 is 24.0 Å². The molecule has 1 amide bonds. The summed E-state index contributed by atoms with van der Waals surface area (Å²) in [6, 6.07) is 13.8. The van der Waals surface area contributed by atoms with Gasteiger partial charge in [-0.3, -0.25) is 4.79 Å². The summed E-state index contributed by atoms with van der Waals surface area (Å²) in [4.78, 5) is 16.8. The highest BCUT2D eigenvalue weighted by Gasteiger charge is 2.20. The molecule has 1 fully saturated rings. The van der Waals surface area contributed by atoms with E-state index in [0.717, 1.165) is 48.0 Å². The summed E-state index contributed by atoms with van der Waals surface area (Å²) in [6.07, 6.45) is 4.35. The Morgan fingerprint density at radius 2 is 1.79 bits per heavy atom. The van der Waals surface area contributed by atoms with Gasteiger partial charge in [0.2, 0.25) is 5.91 Å². The summed E-state index contributed by atoms with van der Waals surface area (Å²) in [7, 11) is 1.67. The standard InChI is InChI=1S/C23H26N2O4/c1-27-20-5-2-4-19(17-20)24-10-12-25(13-11-24)23(26)9-7-18-6-8-21-22(16-18)29-15-3-14-28-21/h2,4-9,16-17H,3,10-15H2,1H3. The van der Waals surface area contributed by atoms with Crippen molar-refractivity contribution in [1.29, 1.82) is 0 Å². The Morgan fingerprint density at radius 3 is 2.59 bits per heavy atom. The van der Waals surface area contributed by atoms with E-state index < -0.39 is 0 Å². The predicted molar refractivity (Wildman–Crippen MR) is 113 cm³/mol. The van der Waals surface area contributed by atoms with Gasteiger partial charge in [-0.2, -0.15) is 0 Å². The molecule has 6 nitrogen and oxygen atoms in total. The highest BCUT2D eigenvalue weighted by atomic mass is 16.5. The van der Waals surface area contributed by atoms with Crippen LogP contribution in [0.5, 0.6) is 17.2 Å². The van der Waals surface area contributed by atoms with Gasteiger partial charge >= 0.3 is 0 Å². The molecule has 0 bridgehead atoms. The largest absolute Gasteiger partial charge is 0.497 e.